The van der Waals surface area contributed by atoms with Gasteiger partial charge in [-0.25, -0.2) is 13.2 Å². The van der Waals surface area contributed by atoms with Crippen molar-refractivity contribution in [2.24, 2.45) is 0 Å². The maximum Gasteiger partial charge on any atom is 0.341 e. The van der Waals surface area contributed by atoms with Crippen LogP contribution in [0.4, 0.5) is 5.00 Å². The maximum atomic E-state index is 12.6. The van der Waals surface area contributed by atoms with Gasteiger partial charge in [-0.05, 0) is 43.9 Å². The molecule has 0 aliphatic heterocycles. The number of amides is 1. The third-order valence-corrected chi connectivity index (χ3v) is 7.63. The van der Waals surface area contributed by atoms with Crippen LogP contribution in [0.1, 0.15) is 34.1 Å². The van der Waals surface area contributed by atoms with Crippen molar-refractivity contribution in [3.8, 4) is 11.5 Å². The summed E-state index contributed by atoms with van der Waals surface area (Å²) in [7, 11) is -4.22. The van der Waals surface area contributed by atoms with E-state index < -0.39 is 32.7 Å². The lowest BCUT2D eigenvalue weighted by Crippen LogP contribution is -2.24. The lowest BCUT2D eigenvalue weighted by atomic mass is 10.1. The van der Waals surface area contributed by atoms with Gasteiger partial charge >= 0.3 is 11.2 Å². The summed E-state index contributed by atoms with van der Waals surface area (Å²) < 4.78 is 35.7. The number of thiophene rings is 1. The smallest absolute Gasteiger partial charge is 0.341 e. The normalized spacial score (nSPS) is 13.1. The number of hydrogen-bond acceptors (Lipinski definition) is 9. The van der Waals surface area contributed by atoms with Gasteiger partial charge in [0, 0.05) is 4.88 Å². The minimum absolute atomic E-state index is 0.0751. The Kier molecular flexibility index (Phi) is 6.31. The fourth-order valence-corrected chi connectivity index (χ4v) is 5.81. The molecule has 1 aliphatic rings. The number of rotatable bonds is 7. The Morgan fingerprint density at radius 3 is 2.78 bits per heavy atom. The van der Waals surface area contributed by atoms with Gasteiger partial charge in [0.2, 0.25) is 21.6 Å². The molecule has 1 N–H and O–H groups in total. The lowest BCUT2D eigenvalue weighted by molar-refractivity contribution is -0.113. The summed E-state index contributed by atoms with van der Waals surface area (Å²) in [6.45, 7) is 1.88. The number of anilines is 1. The molecule has 2 aromatic heterocycles. The SMILES string of the molecule is CCOC(=O)c1c(NC(=O)CS(=O)(=O)c2nnc(-c3ccccc3Cl)o2)sc2c1CCC2. The topological polar surface area (TPSA) is 128 Å². The first kappa shape index (κ1) is 22.4. The summed E-state index contributed by atoms with van der Waals surface area (Å²) >= 11 is 7.34. The molecule has 0 saturated heterocycles. The highest BCUT2D eigenvalue weighted by Crippen LogP contribution is 2.39. The molecule has 1 amide bonds. The number of sulfone groups is 1. The van der Waals surface area contributed by atoms with E-state index in [-0.39, 0.29) is 17.5 Å². The standard InChI is InChI=1S/C20H18ClN3O6S2/c1-2-29-19(26)16-12-7-5-9-14(12)31-18(16)22-15(25)10-32(27,28)20-24-23-17(30-20)11-6-3-4-8-13(11)21/h3-4,6,8H,2,5,7,9-10H2,1H3,(H,22,25). The van der Waals surface area contributed by atoms with Gasteiger partial charge < -0.3 is 14.5 Å². The van der Waals surface area contributed by atoms with E-state index in [9.17, 15) is 18.0 Å². The summed E-state index contributed by atoms with van der Waals surface area (Å²) in [6.07, 6.45) is 2.43. The number of aromatic nitrogens is 2. The number of hydrogen-bond donors (Lipinski definition) is 1. The van der Waals surface area contributed by atoms with Crippen LogP contribution in [-0.2, 0) is 32.2 Å². The monoisotopic (exact) mass is 495 g/mol. The van der Waals surface area contributed by atoms with Crippen LogP contribution < -0.4 is 5.32 Å². The number of aryl methyl sites for hydroxylation is 1. The average Bonchev–Trinajstić information content (AvgIpc) is 3.44. The van der Waals surface area contributed by atoms with Crippen LogP contribution in [0.2, 0.25) is 5.02 Å². The molecule has 12 heteroatoms. The van der Waals surface area contributed by atoms with Gasteiger partial charge in [-0.2, -0.15) is 0 Å². The van der Waals surface area contributed by atoms with Crippen molar-refractivity contribution in [1.29, 1.82) is 0 Å². The summed E-state index contributed by atoms with van der Waals surface area (Å²) in [6, 6.07) is 6.59. The van der Waals surface area contributed by atoms with Crippen molar-refractivity contribution in [3.63, 3.8) is 0 Å². The minimum atomic E-state index is -4.22. The van der Waals surface area contributed by atoms with Gasteiger partial charge in [0.15, 0.2) is 0 Å². The zero-order valence-corrected chi connectivity index (χ0v) is 19.3. The molecule has 1 aliphatic carbocycles. The van der Waals surface area contributed by atoms with E-state index >= 15 is 0 Å². The van der Waals surface area contributed by atoms with Gasteiger partial charge in [-0.3, -0.25) is 4.79 Å². The van der Waals surface area contributed by atoms with Crippen molar-refractivity contribution in [3.05, 3.63) is 45.3 Å². The van der Waals surface area contributed by atoms with Crippen molar-refractivity contribution in [2.45, 2.75) is 31.4 Å². The second kappa shape index (κ2) is 9.00. The van der Waals surface area contributed by atoms with E-state index in [1.807, 2.05) is 0 Å². The highest BCUT2D eigenvalue weighted by Gasteiger charge is 2.31. The fourth-order valence-electron chi connectivity index (χ4n) is 3.39. The van der Waals surface area contributed by atoms with Crippen LogP contribution in [0, 0.1) is 0 Å². The Hall–Kier alpha value is -2.76. The molecule has 0 unspecified atom stereocenters. The Balaban J connectivity index is 1.53. The second-order valence-corrected chi connectivity index (χ2v) is 10.3. The molecule has 1 aromatic carbocycles. The quantitative estimate of drug-likeness (QED) is 0.493. The van der Waals surface area contributed by atoms with Crippen LogP contribution >= 0.6 is 22.9 Å². The molecular weight excluding hydrogens is 478 g/mol. The summed E-state index contributed by atoms with van der Waals surface area (Å²) in [5.41, 5.74) is 1.53. The van der Waals surface area contributed by atoms with E-state index in [0.717, 1.165) is 23.3 Å². The lowest BCUT2D eigenvalue weighted by Gasteiger charge is -2.07. The molecule has 32 heavy (non-hydrogen) atoms. The van der Waals surface area contributed by atoms with Crippen LogP contribution in [0.15, 0.2) is 33.9 Å². The molecule has 168 valence electrons. The molecule has 3 aromatic rings. The third-order valence-electron chi connectivity index (χ3n) is 4.75. The van der Waals surface area contributed by atoms with Crippen LogP contribution in [-0.4, -0.2) is 42.9 Å². The van der Waals surface area contributed by atoms with E-state index in [0.29, 0.717) is 22.6 Å². The van der Waals surface area contributed by atoms with Crippen molar-refractivity contribution >= 4 is 49.7 Å². The third kappa shape index (κ3) is 4.41. The molecular formula is C20H18ClN3O6S2. The number of esters is 1. The summed E-state index contributed by atoms with van der Waals surface area (Å²) in [5.74, 6) is -2.37. The molecule has 0 saturated carbocycles. The predicted molar refractivity (Wildman–Crippen MR) is 118 cm³/mol. The zero-order chi connectivity index (χ0) is 22.9. The van der Waals surface area contributed by atoms with Gasteiger partial charge in [-0.15, -0.1) is 16.4 Å². The minimum Gasteiger partial charge on any atom is -0.462 e. The van der Waals surface area contributed by atoms with Gasteiger partial charge in [0.25, 0.3) is 0 Å². The first-order valence-corrected chi connectivity index (χ1v) is 12.6. The Bertz CT molecular complexity index is 1300. The molecule has 0 bridgehead atoms. The van der Waals surface area contributed by atoms with Crippen LogP contribution in [0.5, 0.6) is 0 Å². The van der Waals surface area contributed by atoms with Gasteiger partial charge in [-0.1, -0.05) is 28.8 Å². The summed E-state index contributed by atoms with van der Waals surface area (Å²) in [5, 5.41) is 9.74. The first-order chi connectivity index (χ1) is 15.3. The number of carbonyl (C=O) groups excluding carboxylic acids is 2. The highest BCUT2D eigenvalue weighted by molar-refractivity contribution is 7.91. The summed E-state index contributed by atoms with van der Waals surface area (Å²) in [4.78, 5) is 25.9. The van der Waals surface area contributed by atoms with Crippen molar-refractivity contribution in [1.82, 2.24) is 10.2 Å². The van der Waals surface area contributed by atoms with E-state index in [1.165, 1.54) is 11.3 Å². The molecule has 9 nitrogen and oxygen atoms in total. The Morgan fingerprint density at radius 1 is 1.25 bits per heavy atom. The number of nitrogens with one attached hydrogen (secondary N) is 1. The molecule has 0 atom stereocenters. The predicted octanol–water partition coefficient (Wildman–Crippen LogP) is 3.53. The number of halogens is 1. The highest BCUT2D eigenvalue weighted by atomic mass is 35.5. The van der Waals surface area contributed by atoms with Crippen molar-refractivity contribution in [2.75, 3.05) is 17.7 Å². The molecule has 0 fully saturated rings. The number of fused-ring (bicyclic) bond motifs is 1. The molecule has 2 heterocycles. The average molecular weight is 496 g/mol. The molecule has 0 spiro atoms. The van der Waals surface area contributed by atoms with Gasteiger partial charge in [0.05, 0.1) is 22.8 Å². The Morgan fingerprint density at radius 2 is 2.03 bits per heavy atom. The molecule has 4 rings (SSSR count). The fraction of sp³-hybridized carbons (Fsp3) is 0.300. The zero-order valence-electron chi connectivity index (χ0n) is 16.9. The first-order valence-electron chi connectivity index (χ1n) is 9.72. The van der Waals surface area contributed by atoms with Crippen molar-refractivity contribution < 1.29 is 27.2 Å². The largest absolute Gasteiger partial charge is 0.462 e. The van der Waals surface area contributed by atoms with E-state index in [4.69, 9.17) is 20.8 Å². The van der Waals surface area contributed by atoms with E-state index in [2.05, 4.69) is 15.5 Å². The Labute approximate surface area is 192 Å². The van der Waals surface area contributed by atoms with E-state index in [1.54, 1.807) is 31.2 Å². The number of ether oxygens (including phenoxy) is 1. The second-order valence-electron chi connectivity index (χ2n) is 6.94. The number of nitrogens with zero attached hydrogens (tertiary/aromatic N) is 2. The maximum absolute atomic E-state index is 12.6. The van der Waals surface area contributed by atoms with Crippen LogP contribution in [0.3, 0.4) is 0 Å². The number of benzene rings is 1. The van der Waals surface area contributed by atoms with Gasteiger partial charge in [0.1, 0.15) is 10.8 Å². The van der Waals surface area contributed by atoms with Crippen LogP contribution in [0.25, 0.3) is 11.5 Å². The molecule has 0 radical (unpaired) electrons. The number of carbonyl (C=O) groups is 2.